The summed E-state index contributed by atoms with van der Waals surface area (Å²) in [6.45, 7) is 3.95. The minimum Gasteiger partial charge on any atom is -0.457 e. The van der Waals surface area contributed by atoms with Gasteiger partial charge < -0.3 is 18.9 Å². The van der Waals surface area contributed by atoms with Crippen LogP contribution in [-0.4, -0.2) is 42.4 Å². The summed E-state index contributed by atoms with van der Waals surface area (Å²) in [6.07, 6.45) is -2.83. The maximum absolute atomic E-state index is 12.2. The Bertz CT molecular complexity index is 1210. The van der Waals surface area contributed by atoms with Gasteiger partial charge >= 0.3 is 5.97 Å². The van der Waals surface area contributed by atoms with Gasteiger partial charge in [0.1, 0.15) is 23.7 Å². The monoisotopic (exact) mass is 533 g/mol. The number of carbonyl (C=O) groups is 1. The molecule has 38 heavy (non-hydrogen) atoms. The van der Waals surface area contributed by atoms with Crippen LogP contribution in [0.1, 0.15) is 23.6 Å². The maximum Gasteiger partial charge on any atom is 0.303 e. The Morgan fingerprint density at radius 3 is 2.03 bits per heavy atom. The molecular formula is C29H31N3O5S. The minimum atomic E-state index is -0.836. The highest BCUT2D eigenvalue weighted by Crippen LogP contribution is 2.38. The van der Waals surface area contributed by atoms with Crippen LogP contribution in [0.2, 0.25) is 0 Å². The van der Waals surface area contributed by atoms with Gasteiger partial charge in [0.25, 0.3) is 0 Å². The lowest BCUT2D eigenvalue weighted by atomic mass is 9.98. The molecule has 3 aromatic rings. The minimum absolute atomic E-state index is 0.0179. The summed E-state index contributed by atoms with van der Waals surface area (Å²) < 4.78 is 25.1. The van der Waals surface area contributed by atoms with Crippen molar-refractivity contribution in [1.29, 1.82) is 0 Å². The molecule has 9 heteroatoms. The van der Waals surface area contributed by atoms with Gasteiger partial charge in [-0.1, -0.05) is 95.2 Å². The van der Waals surface area contributed by atoms with Gasteiger partial charge in [0.05, 0.1) is 19.8 Å². The molecule has 0 radical (unpaired) electrons. The quantitative estimate of drug-likeness (QED) is 0.125. The van der Waals surface area contributed by atoms with Crippen molar-refractivity contribution in [3.63, 3.8) is 0 Å². The van der Waals surface area contributed by atoms with Gasteiger partial charge in [0, 0.05) is 16.7 Å². The Hall–Kier alpha value is -3.33. The molecule has 198 valence electrons. The molecule has 1 aliphatic rings. The summed E-state index contributed by atoms with van der Waals surface area (Å²) in [5.74, 6) is -0.482. The number of hydrogen-bond acceptors (Lipinski definition) is 7. The van der Waals surface area contributed by atoms with E-state index < -0.39 is 35.8 Å². The van der Waals surface area contributed by atoms with Crippen molar-refractivity contribution in [2.24, 2.45) is 5.11 Å². The average molecular weight is 534 g/mol. The zero-order valence-corrected chi connectivity index (χ0v) is 22.2. The Labute approximate surface area is 226 Å². The number of ether oxygens (including phenoxy) is 4. The number of thioether (sulfide) groups is 1. The largest absolute Gasteiger partial charge is 0.457 e. The molecule has 0 spiro atoms. The van der Waals surface area contributed by atoms with Crippen LogP contribution in [0.3, 0.4) is 0 Å². The summed E-state index contributed by atoms with van der Waals surface area (Å²) in [4.78, 5) is 16.1. The second-order valence-corrected chi connectivity index (χ2v) is 10.2. The molecule has 4 rings (SSSR count). The predicted molar refractivity (Wildman–Crippen MR) is 145 cm³/mol. The smallest absolute Gasteiger partial charge is 0.303 e. The van der Waals surface area contributed by atoms with E-state index in [0.29, 0.717) is 6.61 Å². The molecule has 5 atom stereocenters. The van der Waals surface area contributed by atoms with Crippen molar-refractivity contribution in [3.8, 4) is 0 Å². The van der Waals surface area contributed by atoms with E-state index in [2.05, 4.69) is 10.0 Å². The van der Waals surface area contributed by atoms with Crippen molar-refractivity contribution in [1.82, 2.24) is 0 Å². The van der Waals surface area contributed by atoms with E-state index in [1.165, 1.54) is 18.7 Å². The number of nitrogens with zero attached hydrogens (tertiary/aromatic N) is 3. The topological polar surface area (TPSA) is 103 Å². The zero-order chi connectivity index (χ0) is 26.7. The molecule has 8 nitrogen and oxygen atoms in total. The predicted octanol–water partition coefficient (Wildman–Crippen LogP) is 6.22. The standard InChI is InChI=1S/C29H31N3O5S/c1-20-13-15-24(16-14-20)38-29-28(35-19-23-11-7-4-8-12-23)27(34-18-22-9-5-3-6-10-22)26(36-21(2)33)25(37-29)17-31-32-30/h3-16,25-29H,17-19H2,1-2H3/t25-,26+,27+,28-,29+/m1/s1. The number of carbonyl (C=O) groups excluding carboxylic acids is 1. The van der Waals surface area contributed by atoms with Crippen LogP contribution in [0.25, 0.3) is 10.4 Å². The fourth-order valence-electron chi connectivity index (χ4n) is 4.22. The number of azide groups is 1. The van der Waals surface area contributed by atoms with Crippen molar-refractivity contribution < 1.29 is 23.7 Å². The summed E-state index contributed by atoms with van der Waals surface area (Å²) in [6, 6.07) is 27.7. The van der Waals surface area contributed by atoms with Gasteiger partial charge in [-0.2, -0.15) is 0 Å². The van der Waals surface area contributed by atoms with E-state index in [4.69, 9.17) is 24.5 Å². The molecule has 1 heterocycles. The van der Waals surface area contributed by atoms with E-state index in [1.54, 1.807) is 0 Å². The van der Waals surface area contributed by atoms with Gasteiger partial charge in [0.15, 0.2) is 6.10 Å². The number of hydrogen-bond donors (Lipinski definition) is 0. The normalized spacial score (nSPS) is 22.8. The molecule has 0 amide bonds. The molecular weight excluding hydrogens is 502 g/mol. The number of benzene rings is 3. The van der Waals surface area contributed by atoms with Crippen LogP contribution in [0.4, 0.5) is 0 Å². The van der Waals surface area contributed by atoms with E-state index in [-0.39, 0.29) is 13.2 Å². The van der Waals surface area contributed by atoms with Crippen molar-refractivity contribution in [2.75, 3.05) is 6.54 Å². The molecule has 0 aliphatic carbocycles. The lowest BCUT2D eigenvalue weighted by Gasteiger charge is -2.45. The molecule has 0 aromatic heterocycles. The first-order valence-corrected chi connectivity index (χ1v) is 13.3. The van der Waals surface area contributed by atoms with Gasteiger partial charge in [0.2, 0.25) is 0 Å². The molecule has 0 unspecified atom stereocenters. The molecule has 1 aliphatic heterocycles. The fourth-order valence-corrected chi connectivity index (χ4v) is 5.35. The fraction of sp³-hybridized carbons (Fsp3) is 0.345. The van der Waals surface area contributed by atoms with Crippen LogP contribution in [0, 0.1) is 6.92 Å². The Morgan fingerprint density at radius 2 is 1.47 bits per heavy atom. The third-order valence-electron chi connectivity index (χ3n) is 6.06. The van der Waals surface area contributed by atoms with Crippen LogP contribution >= 0.6 is 11.8 Å². The van der Waals surface area contributed by atoms with Crippen LogP contribution < -0.4 is 0 Å². The highest BCUT2D eigenvalue weighted by atomic mass is 32.2. The molecule has 1 saturated heterocycles. The Balaban J connectivity index is 1.68. The van der Waals surface area contributed by atoms with E-state index in [1.807, 2.05) is 91.9 Å². The summed E-state index contributed by atoms with van der Waals surface area (Å²) in [5.41, 5.74) is 11.6. The molecule has 3 aromatic carbocycles. The van der Waals surface area contributed by atoms with Crippen molar-refractivity contribution in [3.05, 3.63) is 112 Å². The summed E-state index contributed by atoms with van der Waals surface area (Å²) in [5, 5.41) is 3.74. The third-order valence-corrected chi connectivity index (χ3v) is 7.22. The number of rotatable bonds is 11. The van der Waals surface area contributed by atoms with Crippen LogP contribution in [-0.2, 0) is 37.0 Å². The first-order chi connectivity index (χ1) is 18.5. The second-order valence-electron chi connectivity index (χ2n) is 8.98. The third kappa shape index (κ3) is 7.84. The van der Waals surface area contributed by atoms with Gasteiger partial charge in [-0.25, -0.2) is 0 Å². The molecule has 0 saturated carbocycles. The molecule has 0 N–H and O–H groups in total. The van der Waals surface area contributed by atoms with Gasteiger partial charge in [-0.3, -0.25) is 4.79 Å². The second kappa shape index (κ2) is 14.0. The van der Waals surface area contributed by atoms with Crippen LogP contribution in [0.5, 0.6) is 0 Å². The SMILES string of the molecule is CC(=O)O[C@@H]1[C@H](OCc2ccccc2)[C@@H](OCc2ccccc2)[C@H](Sc2ccc(C)cc2)O[C@@H]1CN=[N+]=[N-]. The first-order valence-electron chi connectivity index (χ1n) is 12.4. The zero-order valence-electron chi connectivity index (χ0n) is 21.4. The summed E-state index contributed by atoms with van der Waals surface area (Å²) in [7, 11) is 0. The maximum atomic E-state index is 12.2. The molecule has 1 fully saturated rings. The molecule has 0 bridgehead atoms. The van der Waals surface area contributed by atoms with Crippen molar-refractivity contribution in [2.45, 2.75) is 61.8 Å². The Morgan fingerprint density at radius 1 is 0.895 bits per heavy atom. The first kappa shape index (κ1) is 27.7. The average Bonchev–Trinajstić information content (AvgIpc) is 2.93. The lowest BCUT2D eigenvalue weighted by Crippen LogP contribution is -2.60. The number of aryl methyl sites for hydroxylation is 1. The van der Waals surface area contributed by atoms with Gasteiger partial charge in [-0.15, -0.1) is 0 Å². The van der Waals surface area contributed by atoms with E-state index in [0.717, 1.165) is 21.6 Å². The highest BCUT2D eigenvalue weighted by molar-refractivity contribution is 7.99. The lowest BCUT2D eigenvalue weighted by molar-refractivity contribution is -0.238. The van der Waals surface area contributed by atoms with E-state index in [9.17, 15) is 4.79 Å². The Kier molecular flexibility index (Phi) is 10.2. The number of esters is 1. The van der Waals surface area contributed by atoms with Gasteiger partial charge in [-0.05, 0) is 35.7 Å². The van der Waals surface area contributed by atoms with Crippen molar-refractivity contribution >= 4 is 17.7 Å². The highest BCUT2D eigenvalue weighted by Gasteiger charge is 2.49. The van der Waals surface area contributed by atoms with Crippen LogP contribution in [0.15, 0.2) is 94.9 Å². The summed E-state index contributed by atoms with van der Waals surface area (Å²) >= 11 is 1.50. The van der Waals surface area contributed by atoms with E-state index >= 15 is 0 Å².